The van der Waals surface area contributed by atoms with Gasteiger partial charge >= 0.3 is 0 Å². The summed E-state index contributed by atoms with van der Waals surface area (Å²) in [6.45, 7) is 0.541. The van der Waals surface area contributed by atoms with Crippen LogP contribution in [0.1, 0.15) is 27.9 Å². The summed E-state index contributed by atoms with van der Waals surface area (Å²) in [4.78, 5) is 16.7. The van der Waals surface area contributed by atoms with E-state index in [1.807, 2.05) is 59.3 Å². The Morgan fingerprint density at radius 2 is 2.04 bits per heavy atom. The fourth-order valence-electron chi connectivity index (χ4n) is 2.53. The fourth-order valence-corrected chi connectivity index (χ4v) is 2.53. The number of ketones is 1. The van der Waals surface area contributed by atoms with E-state index >= 15 is 0 Å². The first kappa shape index (κ1) is 16.7. The van der Waals surface area contributed by atoms with E-state index < -0.39 is 0 Å². The molecule has 0 saturated carbocycles. The van der Waals surface area contributed by atoms with Gasteiger partial charge in [0.15, 0.2) is 5.78 Å². The van der Waals surface area contributed by atoms with Crippen LogP contribution in [-0.2, 0) is 6.42 Å². The van der Waals surface area contributed by atoms with Crippen molar-refractivity contribution < 1.29 is 4.79 Å². The predicted octanol–water partition coefficient (Wildman–Crippen LogP) is 3.00. The monoisotopic (exact) mass is 329 g/mol. The van der Waals surface area contributed by atoms with Crippen molar-refractivity contribution in [3.05, 3.63) is 83.9 Å². The highest BCUT2D eigenvalue weighted by atomic mass is 16.1. The van der Waals surface area contributed by atoms with E-state index in [0.29, 0.717) is 24.9 Å². The molecule has 0 fully saturated rings. The third-order valence-corrected chi connectivity index (χ3v) is 3.76. The molecule has 4 nitrogen and oxygen atoms in total. The SMILES string of the molecule is NCCC#Cc1cccc(C(=O)Cc2cccc(-n3ccnc3)c2)c1. The van der Waals surface area contributed by atoms with Gasteiger partial charge in [-0.3, -0.25) is 4.79 Å². The summed E-state index contributed by atoms with van der Waals surface area (Å²) in [5.74, 6) is 6.11. The molecule has 0 atom stereocenters. The number of imidazole rings is 1. The van der Waals surface area contributed by atoms with Crippen molar-refractivity contribution in [3.8, 4) is 17.5 Å². The second kappa shape index (κ2) is 8.09. The van der Waals surface area contributed by atoms with Crippen LogP contribution in [-0.4, -0.2) is 21.9 Å². The minimum absolute atomic E-state index is 0.0743. The number of Topliss-reactive ketones (excluding diaryl/α,β-unsaturated/α-hetero) is 1. The zero-order chi connectivity index (χ0) is 17.5. The van der Waals surface area contributed by atoms with Gasteiger partial charge in [0.1, 0.15) is 0 Å². The first-order chi connectivity index (χ1) is 12.3. The molecule has 124 valence electrons. The average molecular weight is 329 g/mol. The molecule has 3 rings (SSSR count). The van der Waals surface area contributed by atoms with Crippen molar-refractivity contribution in [2.45, 2.75) is 12.8 Å². The molecule has 0 aliphatic heterocycles. The standard InChI is InChI=1S/C21H19N3O/c22-10-2-1-5-17-6-3-8-19(13-17)21(25)15-18-7-4-9-20(14-18)24-12-11-23-16-24/h3-4,6-9,11-14,16H,2,10,15,22H2. The van der Waals surface area contributed by atoms with E-state index in [9.17, 15) is 4.79 Å². The summed E-state index contributed by atoms with van der Waals surface area (Å²) in [5, 5.41) is 0. The van der Waals surface area contributed by atoms with Gasteiger partial charge < -0.3 is 10.3 Å². The first-order valence-electron chi connectivity index (χ1n) is 8.16. The van der Waals surface area contributed by atoms with Crippen LogP contribution in [0.4, 0.5) is 0 Å². The number of aromatic nitrogens is 2. The highest BCUT2D eigenvalue weighted by molar-refractivity contribution is 5.97. The molecule has 0 unspecified atom stereocenters. The molecule has 0 amide bonds. The van der Waals surface area contributed by atoms with E-state index in [1.54, 1.807) is 12.5 Å². The summed E-state index contributed by atoms with van der Waals surface area (Å²) < 4.78 is 1.92. The predicted molar refractivity (Wildman–Crippen MR) is 98.6 cm³/mol. The zero-order valence-electron chi connectivity index (χ0n) is 13.9. The number of nitrogens with two attached hydrogens (primary N) is 1. The van der Waals surface area contributed by atoms with Gasteiger partial charge in [-0.25, -0.2) is 4.98 Å². The molecule has 0 bridgehead atoms. The zero-order valence-corrected chi connectivity index (χ0v) is 13.9. The Morgan fingerprint density at radius 3 is 2.84 bits per heavy atom. The van der Waals surface area contributed by atoms with Crippen molar-refractivity contribution in [3.63, 3.8) is 0 Å². The van der Waals surface area contributed by atoms with Crippen LogP contribution >= 0.6 is 0 Å². The molecule has 2 aromatic carbocycles. The fraction of sp³-hybridized carbons (Fsp3) is 0.143. The van der Waals surface area contributed by atoms with Gasteiger partial charge in [0.05, 0.1) is 6.33 Å². The van der Waals surface area contributed by atoms with E-state index in [4.69, 9.17) is 5.73 Å². The first-order valence-corrected chi connectivity index (χ1v) is 8.16. The lowest BCUT2D eigenvalue weighted by molar-refractivity contribution is 0.0993. The summed E-state index contributed by atoms with van der Waals surface area (Å²) >= 11 is 0. The Balaban J connectivity index is 1.76. The van der Waals surface area contributed by atoms with E-state index in [0.717, 1.165) is 16.8 Å². The molecular formula is C21H19N3O. The summed E-state index contributed by atoms with van der Waals surface area (Å²) in [5.41, 5.74) is 8.91. The second-order valence-electron chi connectivity index (χ2n) is 5.66. The smallest absolute Gasteiger partial charge is 0.167 e. The molecule has 0 aliphatic carbocycles. The van der Waals surface area contributed by atoms with E-state index in [-0.39, 0.29) is 5.78 Å². The Bertz CT molecular complexity index is 918. The summed E-state index contributed by atoms with van der Waals surface area (Å²) in [7, 11) is 0. The van der Waals surface area contributed by atoms with E-state index in [1.165, 1.54) is 0 Å². The lowest BCUT2D eigenvalue weighted by atomic mass is 10.0. The van der Waals surface area contributed by atoms with Crippen LogP contribution in [0.3, 0.4) is 0 Å². The Kier molecular flexibility index (Phi) is 5.40. The number of carbonyl (C=O) groups is 1. The molecule has 0 saturated heterocycles. The van der Waals surface area contributed by atoms with Crippen LogP contribution in [0.5, 0.6) is 0 Å². The number of benzene rings is 2. The lowest BCUT2D eigenvalue weighted by Crippen LogP contribution is -2.04. The molecular weight excluding hydrogens is 310 g/mol. The van der Waals surface area contributed by atoms with Crippen molar-refractivity contribution in [1.82, 2.24) is 9.55 Å². The lowest BCUT2D eigenvalue weighted by Gasteiger charge is -2.06. The van der Waals surface area contributed by atoms with Crippen LogP contribution in [0.2, 0.25) is 0 Å². The van der Waals surface area contributed by atoms with E-state index in [2.05, 4.69) is 16.8 Å². The molecule has 0 radical (unpaired) electrons. The van der Waals surface area contributed by atoms with Crippen molar-refractivity contribution >= 4 is 5.78 Å². The van der Waals surface area contributed by atoms with Gasteiger partial charge in [0.25, 0.3) is 0 Å². The van der Waals surface area contributed by atoms with Crippen LogP contribution in [0.25, 0.3) is 5.69 Å². The third kappa shape index (κ3) is 4.43. The van der Waals surface area contributed by atoms with Crippen LogP contribution < -0.4 is 5.73 Å². The Labute approximate surface area is 147 Å². The average Bonchev–Trinajstić information content (AvgIpc) is 3.17. The topological polar surface area (TPSA) is 60.9 Å². The molecule has 4 heteroatoms. The molecule has 25 heavy (non-hydrogen) atoms. The van der Waals surface area contributed by atoms with Crippen LogP contribution in [0.15, 0.2) is 67.3 Å². The van der Waals surface area contributed by atoms with Crippen molar-refractivity contribution in [2.24, 2.45) is 5.73 Å². The quantitative estimate of drug-likeness (QED) is 0.578. The largest absolute Gasteiger partial charge is 0.330 e. The Morgan fingerprint density at radius 1 is 1.16 bits per heavy atom. The second-order valence-corrected chi connectivity index (χ2v) is 5.66. The number of rotatable bonds is 5. The number of hydrogen-bond acceptors (Lipinski definition) is 3. The third-order valence-electron chi connectivity index (χ3n) is 3.76. The maximum absolute atomic E-state index is 12.6. The van der Waals surface area contributed by atoms with Gasteiger partial charge in [0, 0.05) is 48.6 Å². The van der Waals surface area contributed by atoms with Crippen LogP contribution in [0, 0.1) is 11.8 Å². The maximum atomic E-state index is 12.6. The highest BCUT2D eigenvalue weighted by Crippen LogP contribution is 2.14. The van der Waals surface area contributed by atoms with Gasteiger partial charge in [-0.15, -0.1) is 0 Å². The normalized spacial score (nSPS) is 10.1. The molecule has 0 spiro atoms. The minimum Gasteiger partial charge on any atom is -0.330 e. The van der Waals surface area contributed by atoms with Crippen molar-refractivity contribution in [2.75, 3.05) is 6.54 Å². The molecule has 0 aliphatic rings. The Hall–Kier alpha value is -3.16. The summed E-state index contributed by atoms with van der Waals surface area (Å²) in [6, 6.07) is 15.3. The highest BCUT2D eigenvalue weighted by Gasteiger charge is 2.08. The number of carbonyl (C=O) groups excluding carboxylic acids is 1. The van der Waals surface area contributed by atoms with Gasteiger partial charge in [-0.1, -0.05) is 36.1 Å². The molecule has 1 aromatic heterocycles. The van der Waals surface area contributed by atoms with Gasteiger partial charge in [-0.05, 0) is 29.8 Å². The summed E-state index contributed by atoms with van der Waals surface area (Å²) in [6.07, 6.45) is 6.35. The maximum Gasteiger partial charge on any atom is 0.167 e. The van der Waals surface area contributed by atoms with Crippen molar-refractivity contribution in [1.29, 1.82) is 0 Å². The molecule has 2 N–H and O–H groups in total. The molecule has 3 aromatic rings. The number of hydrogen-bond donors (Lipinski definition) is 1. The van der Waals surface area contributed by atoms with Gasteiger partial charge in [0.2, 0.25) is 0 Å². The minimum atomic E-state index is 0.0743. The van der Waals surface area contributed by atoms with Gasteiger partial charge in [-0.2, -0.15) is 0 Å². The number of nitrogens with zero attached hydrogens (tertiary/aromatic N) is 2. The molecule has 1 heterocycles.